The largest absolute Gasteiger partial charge is 0.496 e. The van der Waals surface area contributed by atoms with E-state index in [0.29, 0.717) is 0 Å². The number of benzene rings is 2. The number of methoxy groups -OCH3 is 1. The molecule has 0 bridgehead atoms. The maximum Gasteiger partial charge on any atom is 0.127 e. The SMILES string of the molecule is CNC(c1ccccc1I)c1c(C)c(Br)cc(C)c1OC. The van der Waals surface area contributed by atoms with Gasteiger partial charge in [-0.2, -0.15) is 0 Å². The van der Waals surface area contributed by atoms with E-state index in [1.165, 1.54) is 20.3 Å². The van der Waals surface area contributed by atoms with Crippen molar-refractivity contribution in [3.63, 3.8) is 0 Å². The summed E-state index contributed by atoms with van der Waals surface area (Å²) in [6.07, 6.45) is 0. The zero-order chi connectivity index (χ0) is 15.6. The molecule has 2 rings (SSSR count). The van der Waals surface area contributed by atoms with Crippen molar-refractivity contribution in [2.24, 2.45) is 0 Å². The molecule has 1 N–H and O–H groups in total. The Labute approximate surface area is 148 Å². The highest BCUT2D eigenvalue weighted by atomic mass is 127. The summed E-state index contributed by atoms with van der Waals surface area (Å²) in [6.45, 7) is 4.21. The van der Waals surface area contributed by atoms with Crippen LogP contribution in [0.3, 0.4) is 0 Å². The molecule has 2 aromatic carbocycles. The Morgan fingerprint density at radius 2 is 1.90 bits per heavy atom. The number of ether oxygens (including phenoxy) is 1. The van der Waals surface area contributed by atoms with Gasteiger partial charge >= 0.3 is 0 Å². The van der Waals surface area contributed by atoms with E-state index in [0.717, 1.165) is 15.8 Å². The van der Waals surface area contributed by atoms with Crippen LogP contribution in [0, 0.1) is 17.4 Å². The van der Waals surface area contributed by atoms with Crippen LogP contribution in [0.25, 0.3) is 0 Å². The molecule has 0 amide bonds. The average molecular weight is 460 g/mol. The van der Waals surface area contributed by atoms with Crippen molar-refractivity contribution in [3.05, 3.63) is 60.6 Å². The molecule has 0 fully saturated rings. The van der Waals surface area contributed by atoms with Gasteiger partial charge in [0.15, 0.2) is 0 Å². The zero-order valence-electron chi connectivity index (χ0n) is 12.6. The third-order valence-corrected chi connectivity index (χ3v) is 5.51. The summed E-state index contributed by atoms with van der Waals surface area (Å²) in [5, 5.41) is 3.44. The smallest absolute Gasteiger partial charge is 0.127 e. The van der Waals surface area contributed by atoms with Gasteiger partial charge in [-0.25, -0.2) is 0 Å². The minimum absolute atomic E-state index is 0.101. The molecule has 0 saturated carbocycles. The van der Waals surface area contributed by atoms with Crippen molar-refractivity contribution in [3.8, 4) is 5.75 Å². The monoisotopic (exact) mass is 459 g/mol. The molecule has 0 heterocycles. The summed E-state index contributed by atoms with van der Waals surface area (Å²) in [7, 11) is 3.73. The number of hydrogen-bond acceptors (Lipinski definition) is 2. The van der Waals surface area contributed by atoms with Gasteiger partial charge in [-0.15, -0.1) is 0 Å². The van der Waals surface area contributed by atoms with Crippen LogP contribution in [-0.2, 0) is 0 Å². The fourth-order valence-corrected chi connectivity index (χ4v) is 3.91. The van der Waals surface area contributed by atoms with Gasteiger partial charge in [0.1, 0.15) is 5.75 Å². The molecule has 0 spiro atoms. The van der Waals surface area contributed by atoms with Gasteiger partial charge in [-0.1, -0.05) is 34.1 Å². The second kappa shape index (κ2) is 7.11. The standard InChI is InChI=1S/C17H19BrINO/c1-10-9-13(18)11(2)15(17(10)21-4)16(20-3)12-7-5-6-8-14(12)19/h5-9,16,20H,1-4H3. The van der Waals surface area contributed by atoms with Crippen LogP contribution < -0.4 is 10.1 Å². The van der Waals surface area contributed by atoms with E-state index in [1.54, 1.807) is 7.11 Å². The molecule has 4 heteroatoms. The van der Waals surface area contributed by atoms with Crippen molar-refractivity contribution in [2.75, 3.05) is 14.2 Å². The summed E-state index contributed by atoms with van der Waals surface area (Å²) in [5.41, 5.74) is 4.79. The Balaban J connectivity index is 2.71. The number of nitrogens with one attached hydrogen (secondary N) is 1. The Morgan fingerprint density at radius 1 is 1.24 bits per heavy atom. The fourth-order valence-electron chi connectivity index (χ4n) is 2.66. The highest BCUT2D eigenvalue weighted by Gasteiger charge is 2.23. The van der Waals surface area contributed by atoms with E-state index in [-0.39, 0.29) is 6.04 Å². The Hall–Kier alpha value is -0.590. The first-order valence-electron chi connectivity index (χ1n) is 6.76. The molecule has 1 atom stereocenters. The van der Waals surface area contributed by atoms with Crippen molar-refractivity contribution in [2.45, 2.75) is 19.9 Å². The zero-order valence-corrected chi connectivity index (χ0v) is 16.4. The first-order chi connectivity index (χ1) is 10.0. The lowest BCUT2D eigenvalue weighted by Crippen LogP contribution is -2.21. The maximum absolute atomic E-state index is 5.69. The molecule has 112 valence electrons. The molecule has 2 aromatic rings. The molecule has 2 nitrogen and oxygen atoms in total. The first kappa shape index (κ1) is 16.8. The summed E-state index contributed by atoms with van der Waals surface area (Å²) < 4.78 is 8.05. The van der Waals surface area contributed by atoms with Crippen LogP contribution in [0.4, 0.5) is 0 Å². The highest BCUT2D eigenvalue weighted by Crippen LogP contribution is 2.39. The lowest BCUT2D eigenvalue weighted by molar-refractivity contribution is 0.401. The van der Waals surface area contributed by atoms with E-state index in [9.17, 15) is 0 Å². The van der Waals surface area contributed by atoms with Crippen molar-refractivity contribution in [1.82, 2.24) is 5.32 Å². The quantitative estimate of drug-likeness (QED) is 0.650. The molecular formula is C17H19BrINO. The number of halogens is 2. The third kappa shape index (κ3) is 3.27. The fraction of sp³-hybridized carbons (Fsp3) is 0.294. The van der Waals surface area contributed by atoms with Crippen LogP contribution in [0.2, 0.25) is 0 Å². The third-order valence-electron chi connectivity index (χ3n) is 3.71. The van der Waals surface area contributed by atoms with Crippen molar-refractivity contribution in [1.29, 1.82) is 0 Å². The Kier molecular flexibility index (Phi) is 5.68. The molecule has 0 saturated heterocycles. The molecule has 0 radical (unpaired) electrons. The van der Waals surface area contributed by atoms with Gasteiger partial charge in [0, 0.05) is 13.6 Å². The molecule has 0 aliphatic heterocycles. The second-order valence-electron chi connectivity index (χ2n) is 4.99. The normalized spacial score (nSPS) is 12.3. The minimum atomic E-state index is 0.101. The van der Waals surface area contributed by atoms with E-state index < -0.39 is 0 Å². The van der Waals surface area contributed by atoms with Gasteiger partial charge in [-0.05, 0) is 72.3 Å². The van der Waals surface area contributed by atoms with Crippen molar-refractivity contribution >= 4 is 38.5 Å². The molecule has 21 heavy (non-hydrogen) atoms. The topological polar surface area (TPSA) is 21.3 Å². The predicted octanol–water partition coefficient (Wildman–Crippen LogP) is 4.99. The van der Waals surface area contributed by atoms with Crippen LogP contribution in [0.5, 0.6) is 5.75 Å². The Bertz CT molecular complexity index is 657. The first-order valence-corrected chi connectivity index (χ1v) is 8.63. The lowest BCUT2D eigenvalue weighted by atomic mass is 9.92. The molecule has 0 aromatic heterocycles. The number of hydrogen-bond donors (Lipinski definition) is 1. The van der Waals surface area contributed by atoms with E-state index in [4.69, 9.17) is 4.74 Å². The molecule has 0 aliphatic rings. The van der Waals surface area contributed by atoms with E-state index in [1.807, 2.05) is 7.05 Å². The van der Waals surface area contributed by atoms with E-state index >= 15 is 0 Å². The van der Waals surface area contributed by atoms with E-state index in [2.05, 4.69) is 88.0 Å². The van der Waals surface area contributed by atoms with Gasteiger partial charge in [0.2, 0.25) is 0 Å². The Morgan fingerprint density at radius 3 is 2.48 bits per heavy atom. The summed E-state index contributed by atoms with van der Waals surface area (Å²) in [6, 6.07) is 10.7. The van der Waals surface area contributed by atoms with Crippen LogP contribution >= 0.6 is 38.5 Å². The van der Waals surface area contributed by atoms with Crippen LogP contribution in [-0.4, -0.2) is 14.2 Å². The van der Waals surface area contributed by atoms with Gasteiger partial charge in [0.25, 0.3) is 0 Å². The minimum Gasteiger partial charge on any atom is -0.496 e. The number of rotatable bonds is 4. The second-order valence-corrected chi connectivity index (χ2v) is 7.01. The maximum atomic E-state index is 5.69. The number of aryl methyl sites for hydroxylation is 1. The summed E-state index contributed by atoms with van der Waals surface area (Å²) >= 11 is 6.05. The molecule has 0 aliphatic carbocycles. The van der Waals surface area contributed by atoms with Crippen LogP contribution in [0.15, 0.2) is 34.8 Å². The predicted molar refractivity (Wildman–Crippen MR) is 100 cm³/mol. The van der Waals surface area contributed by atoms with Crippen molar-refractivity contribution < 1.29 is 4.74 Å². The van der Waals surface area contributed by atoms with Gasteiger partial charge in [0.05, 0.1) is 13.2 Å². The van der Waals surface area contributed by atoms with Gasteiger partial charge < -0.3 is 10.1 Å². The van der Waals surface area contributed by atoms with Crippen LogP contribution in [0.1, 0.15) is 28.3 Å². The highest BCUT2D eigenvalue weighted by molar-refractivity contribution is 14.1. The average Bonchev–Trinajstić information content (AvgIpc) is 2.46. The van der Waals surface area contributed by atoms with Gasteiger partial charge in [-0.3, -0.25) is 0 Å². The molecule has 1 unspecified atom stereocenters. The lowest BCUT2D eigenvalue weighted by Gasteiger charge is -2.25. The summed E-state index contributed by atoms with van der Waals surface area (Å²) in [4.78, 5) is 0. The molecular weight excluding hydrogens is 441 g/mol. The summed E-state index contributed by atoms with van der Waals surface area (Å²) in [5.74, 6) is 0.953.